The molecule has 25 heavy (non-hydrogen) atoms. The molecule has 2 aromatic carbocycles. The molecular formula is C19H20N2O4. The van der Waals surface area contributed by atoms with E-state index in [1.807, 2.05) is 42.5 Å². The van der Waals surface area contributed by atoms with Crippen molar-refractivity contribution in [1.29, 1.82) is 0 Å². The molecule has 1 N–H and O–H groups in total. The van der Waals surface area contributed by atoms with Crippen LogP contribution < -0.4 is 5.32 Å². The van der Waals surface area contributed by atoms with Gasteiger partial charge in [0.25, 0.3) is 5.69 Å². The Balaban J connectivity index is 1.70. The van der Waals surface area contributed by atoms with Crippen molar-refractivity contribution in [3.8, 4) is 0 Å². The number of hydrogen-bond donors (Lipinski definition) is 1. The number of nitrogens with zero attached hydrogens (tertiary/aromatic N) is 1. The lowest BCUT2D eigenvalue weighted by atomic mass is 10.1. The molecule has 0 aliphatic rings. The molecule has 0 unspecified atom stereocenters. The second-order valence-electron chi connectivity index (χ2n) is 5.48. The van der Waals surface area contributed by atoms with Crippen LogP contribution in [0, 0.1) is 17.0 Å². The van der Waals surface area contributed by atoms with E-state index in [4.69, 9.17) is 4.74 Å². The summed E-state index contributed by atoms with van der Waals surface area (Å²) in [5.41, 5.74) is 2.55. The largest absolute Gasteiger partial charge is 0.445 e. The van der Waals surface area contributed by atoms with Crippen LogP contribution in [0.15, 0.2) is 54.6 Å². The summed E-state index contributed by atoms with van der Waals surface area (Å²) >= 11 is 0. The molecule has 0 heterocycles. The minimum atomic E-state index is -0.455. The van der Waals surface area contributed by atoms with Crippen molar-refractivity contribution in [2.75, 3.05) is 6.54 Å². The Labute approximate surface area is 146 Å². The molecule has 0 fully saturated rings. The minimum absolute atomic E-state index is 0.111. The topological polar surface area (TPSA) is 81.5 Å². The van der Waals surface area contributed by atoms with Gasteiger partial charge in [0.2, 0.25) is 0 Å². The summed E-state index contributed by atoms with van der Waals surface area (Å²) in [5, 5.41) is 13.4. The fourth-order valence-corrected chi connectivity index (χ4v) is 2.24. The maximum Gasteiger partial charge on any atom is 0.407 e. The Bertz CT molecular complexity index is 757. The summed E-state index contributed by atoms with van der Waals surface area (Å²) in [4.78, 5) is 22.0. The number of rotatable bonds is 7. The van der Waals surface area contributed by atoms with E-state index < -0.39 is 11.0 Å². The summed E-state index contributed by atoms with van der Waals surface area (Å²) in [7, 11) is 0. The van der Waals surface area contributed by atoms with Gasteiger partial charge in [0.15, 0.2) is 0 Å². The first-order valence-electron chi connectivity index (χ1n) is 7.92. The van der Waals surface area contributed by atoms with E-state index in [0.29, 0.717) is 18.5 Å². The molecule has 0 bridgehead atoms. The predicted molar refractivity (Wildman–Crippen MR) is 96.1 cm³/mol. The molecular weight excluding hydrogens is 320 g/mol. The quantitative estimate of drug-likeness (QED) is 0.464. The highest BCUT2D eigenvalue weighted by molar-refractivity contribution is 5.67. The van der Waals surface area contributed by atoms with Crippen LogP contribution in [-0.2, 0) is 11.3 Å². The maximum absolute atomic E-state index is 11.6. The van der Waals surface area contributed by atoms with Crippen LogP contribution in [0.25, 0.3) is 6.08 Å². The van der Waals surface area contributed by atoms with Crippen LogP contribution in [0.2, 0.25) is 0 Å². The normalized spacial score (nSPS) is 10.6. The number of nitrogens with one attached hydrogen (secondary N) is 1. The van der Waals surface area contributed by atoms with Crippen molar-refractivity contribution in [1.82, 2.24) is 5.32 Å². The molecule has 2 rings (SSSR count). The van der Waals surface area contributed by atoms with E-state index in [2.05, 4.69) is 5.32 Å². The number of benzene rings is 2. The van der Waals surface area contributed by atoms with E-state index in [1.54, 1.807) is 19.1 Å². The number of hydrogen-bond acceptors (Lipinski definition) is 4. The highest BCUT2D eigenvalue weighted by atomic mass is 16.6. The Kier molecular flexibility index (Phi) is 6.71. The molecule has 2 aromatic rings. The van der Waals surface area contributed by atoms with E-state index in [0.717, 1.165) is 11.1 Å². The van der Waals surface area contributed by atoms with Crippen LogP contribution >= 0.6 is 0 Å². The van der Waals surface area contributed by atoms with Gasteiger partial charge in [0.05, 0.1) is 4.92 Å². The van der Waals surface area contributed by atoms with Gasteiger partial charge in [-0.2, -0.15) is 0 Å². The van der Waals surface area contributed by atoms with Crippen molar-refractivity contribution in [2.24, 2.45) is 0 Å². The van der Waals surface area contributed by atoms with Gasteiger partial charge in [0.1, 0.15) is 6.61 Å². The van der Waals surface area contributed by atoms with E-state index >= 15 is 0 Å². The van der Waals surface area contributed by atoms with Gasteiger partial charge in [-0.15, -0.1) is 0 Å². The highest BCUT2D eigenvalue weighted by Gasteiger charge is 2.08. The first kappa shape index (κ1) is 18.2. The summed E-state index contributed by atoms with van der Waals surface area (Å²) in [6.45, 7) is 2.40. The number of alkyl carbamates (subject to hydrolysis) is 1. The molecule has 0 aromatic heterocycles. The standard InChI is InChI=1S/C19H20N2O4/c1-15-13-16(10-11-18(15)21(23)24)7-5-6-12-20-19(22)25-14-17-8-3-2-4-9-17/h2-5,7-11,13H,6,12,14H2,1H3,(H,20,22). The SMILES string of the molecule is Cc1cc(C=CCCNC(=O)OCc2ccccc2)ccc1[N+](=O)[O-]. The van der Waals surface area contributed by atoms with E-state index in [1.165, 1.54) is 6.07 Å². The first-order valence-corrected chi connectivity index (χ1v) is 7.92. The Hall–Kier alpha value is -3.15. The van der Waals surface area contributed by atoms with Crippen LogP contribution in [0.4, 0.5) is 10.5 Å². The molecule has 0 saturated carbocycles. The fraction of sp³-hybridized carbons (Fsp3) is 0.211. The molecule has 0 saturated heterocycles. The number of carbonyl (C=O) groups excluding carboxylic acids is 1. The third-order valence-electron chi connectivity index (χ3n) is 3.52. The summed E-state index contributed by atoms with van der Waals surface area (Å²) < 4.78 is 5.11. The first-order chi connectivity index (χ1) is 12.1. The smallest absolute Gasteiger partial charge is 0.407 e. The molecule has 0 radical (unpaired) electrons. The number of amides is 1. The van der Waals surface area contributed by atoms with Crippen molar-refractivity contribution >= 4 is 17.9 Å². The lowest BCUT2D eigenvalue weighted by molar-refractivity contribution is -0.385. The van der Waals surface area contributed by atoms with Crippen molar-refractivity contribution < 1.29 is 14.5 Å². The number of nitro groups is 1. The fourth-order valence-electron chi connectivity index (χ4n) is 2.24. The minimum Gasteiger partial charge on any atom is -0.445 e. The number of aryl methyl sites for hydroxylation is 1. The second kappa shape index (κ2) is 9.22. The Morgan fingerprint density at radius 3 is 2.68 bits per heavy atom. The number of carbonyl (C=O) groups is 1. The summed E-state index contributed by atoms with van der Waals surface area (Å²) in [5.74, 6) is 0. The Morgan fingerprint density at radius 2 is 2.00 bits per heavy atom. The van der Waals surface area contributed by atoms with Crippen LogP contribution in [-0.4, -0.2) is 17.6 Å². The molecule has 6 heteroatoms. The molecule has 0 atom stereocenters. The van der Waals surface area contributed by atoms with E-state index in [-0.39, 0.29) is 12.3 Å². The van der Waals surface area contributed by atoms with Crippen molar-refractivity contribution in [2.45, 2.75) is 20.0 Å². The van der Waals surface area contributed by atoms with Gasteiger partial charge in [-0.25, -0.2) is 4.79 Å². The van der Waals surface area contributed by atoms with Crippen LogP contribution in [0.1, 0.15) is 23.1 Å². The third kappa shape index (κ3) is 6.10. The third-order valence-corrected chi connectivity index (χ3v) is 3.52. The van der Waals surface area contributed by atoms with Gasteiger partial charge in [-0.05, 0) is 36.6 Å². The molecule has 0 aliphatic heterocycles. The van der Waals surface area contributed by atoms with Gasteiger partial charge >= 0.3 is 6.09 Å². The number of nitro benzene ring substituents is 1. The average molecular weight is 340 g/mol. The zero-order valence-corrected chi connectivity index (χ0v) is 14.0. The van der Waals surface area contributed by atoms with Crippen molar-refractivity contribution in [3.63, 3.8) is 0 Å². The summed E-state index contributed by atoms with van der Waals surface area (Å²) in [6.07, 6.45) is 3.95. The average Bonchev–Trinajstić information content (AvgIpc) is 2.60. The molecule has 0 spiro atoms. The maximum atomic E-state index is 11.6. The second-order valence-corrected chi connectivity index (χ2v) is 5.48. The molecule has 0 aliphatic carbocycles. The lowest BCUT2D eigenvalue weighted by Gasteiger charge is -2.05. The lowest BCUT2D eigenvalue weighted by Crippen LogP contribution is -2.24. The summed E-state index contributed by atoms with van der Waals surface area (Å²) in [6, 6.07) is 14.4. The Morgan fingerprint density at radius 1 is 1.24 bits per heavy atom. The van der Waals surface area contributed by atoms with Gasteiger partial charge in [-0.1, -0.05) is 42.5 Å². The highest BCUT2D eigenvalue weighted by Crippen LogP contribution is 2.19. The monoisotopic (exact) mass is 340 g/mol. The number of ether oxygens (including phenoxy) is 1. The molecule has 130 valence electrons. The van der Waals surface area contributed by atoms with Gasteiger partial charge < -0.3 is 10.1 Å². The van der Waals surface area contributed by atoms with Crippen molar-refractivity contribution in [3.05, 3.63) is 81.4 Å². The molecule has 1 amide bonds. The van der Waals surface area contributed by atoms with Gasteiger partial charge in [0, 0.05) is 18.2 Å². The van der Waals surface area contributed by atoms with Crippen LogP contribution in [0.3, 0.4) is 0 Å². The van der Waals surface area contributed by atoms with Crippen LogP contribution in [0.5, 0.6) is 0 Å². The zero-order chi connectivity index (χ0) is 18.1. The van der Waals surface area contributed by atoms with Gasteiger partial charge in [-0.3, -0.25) is 10.1 Å². The van der Waals surface area contributed by atoms with E-state index in [9.17, 15) is 14.9 Å². The predicted octanol–water partition coefficient (Wildman–Crippen LogP) is 4.23. The zero-order valence-electron chi connectivity index (χ0n) is 14.0. The molecule has 6 nitrogen and oxygen atoms in total.